The third-order valence-corrected chi connectivity index (χ3v) is 3.99. The molecule has 0 spiro atoms. The Morgan fingerprint density at radius 3 is 2.22 bits per heavy atom. The Labute approximate surface area is 177 Å². The van der Waals surface area contributed by atoms with Crippen molar-refractivity contribution in [3.05, 3.63) is 69.8 Å². The molecular formula is C19H15F6N3O4. The average molecular weight is 463 g/mol. The van der Waals surface area contributed by atoms with Crippen molar-refractivity contribution >= 4 is 5.69 Å². The van der Waals surface area contributed by atoms with Gasteiger partial charge in [0.2, 0.25) is 6.23 Å². The predicted molar refractivity (Wildman–Crippen MR) is 97.5 cm³/mol. The number of hydrogen-bond acceptors (Lipinski definition) is 6. The molecule has 32 heavy (non-hydrogen) atoms. The Morgan fingerprint density at radius 1 is 1.12 bits per heavy atom. The standard InChI is InChI=1S/C11H11F3N2O4.C8H4F3N/c12-11(13,14)10-15-5-9(20-10)6-19-8-3-1-7(2-4-8)16(17)18;9-8(10,11)7-4-2-1-3-6(7)5-12/h1-4,9-10,15H,5-6H2;1-4H/t9-,10+;/m0./s1. The van der Waals surface area contributed by atoms with Crippen LogP contribution in [0.5, 0.6) is 5.75 Å². The molecule has 7 nitrogen and oxygen atoms in total. The number of non-ortho nitro benzene ring substituents is 1. The van der Waals surface area contributed by atoms with Crippen LogP contribution in [0, 0.1) is 21.4 Å². The highest BCUT2D eigenvalue weighted by molar-refractivity contribution is 5.39. The molecule has 0 amide bonds. The molecule has 1 fully saturated rings. The minimum atomic E-state index is -4.46. The van der Waals surface area contributed by atoms with E-state index in [1.807, 2.05) is 0 Å². The van der Waals surface area contributed by atoms with Crippen LogP contribution in [0.15, 0.2) is 48.5 Å². The van der Waals surface area contributed by atoms with Gasteiger partial charge in [-0.2, -0.15) is 31.6 Å². The molecule has 2 aromatic rings. The van der Waals surface area contributed by atoms with Crippen molar-refractivity contribution in [3.63, 3.8) is 0 Å². The smallest absolute Gasteiger partial charge is 0.428 e. The molecule has 0 bridgehead atoms. The van der Waals surface area contributed by atoms with Gasteiger partial charge in [0.05, 0.1) is 22.1 Å². The van der Waals surface area contributed by atoms with Crippen LogP contribution in [0.3, 0.4) is 0 Å². The quantitative estimate of drug-likeness (QED) is 0.410. The summed E-state index contributed by atoms with van der Waals surface area (Å²) in [5, 5.41) is 21.0. The number of nitrogens with zero attached hydrogens (tertiary/aromatic N) is 2. The molecule has 3 rings (SSSR count). The van der Waals surface area contributed by atoms with Crippen molar-refractivity contribution in [2.45, 2.75) is 24.7 Å². The lowest BCUT2D eigenvalue weighted by molar-refractivity contribution is -0.384. The zero-order valence-corrected chi connectivity index (χ0v) is 16.0. The first-order valence-electron chi connectivity index (χ1n) is 8.81. The molecule has 2 aromatic carbocycles. The van der Waals surface area contributed by atoms with Gasteiger partial charge in [-0.05, 0) is 24.3 Å². The highest BCUT2D eigenvalue weighted by Gasteiger charge is 2.45. The molecule has 0 unspecified atom stereocenters. The van der Waals surface area contributed by atoms with Gasteiger partial charge < -0.3 is 9.47 Å². The van der Waals surface area contributed by atoms with Crippen molar-refractivity contribution in [2.75, 3.05) is 13.2 Å². The monoisotopic (exact) mass is 463 g/mol. The molecular weight excluding hydrogens is 448 g/mol. The van der Waals surface area contributed by atoms with Crippen LogP contribution in [-0.4, -0.2) is 36.6 Å². The summed E-state index contributed by atoms with van der Waals surface area (Å²) < 4.78 is 83.2. The van der Waals surface area contributed by atoms with Gasteiger partial charge in [0.15, 0.2) is 0 Å². The van der Waals surface area contributed by atoms with Gasteiger partial charge in [-0.15, -0.1) is 0 Å². The summed E-state index contributed by atoms with van der Waals surface area (Å²) in [5.74, 6) is 0.328. The molecule has 172 valence electrons. The summed E-state index contributed by atoms with van der Waals surface area (Å²) in [5.41, 5.74) is -1.31. The van der Waals surface area contributed by atoms with Crippen LogP contribution in [-0.2, 0) is 10.9 Å². The fraction of sp³-hybridized carbons (Fsp3) is 0.316. The minimum Gasteiger partial charge on any atom is -0.491 e. The third kappa shape index (κ3) is 7.10. The summed E-state index contributed by atoms with van der Waals surface area (Å²) in [6.45, 7) is -0.0471. The fourth-order valence-corrected chi connectivity index (χ4v) is 2.50. The topological polar surface area (TPSA) is 97.4 Å². The molecule has 2 atom stereocenters. The van der Waals surface area contributed by atoms with Crippen LogP contribution in [0.1, 0.15) is 11.1 Å². The van der Waals surface area contributed by atoms with Crippen molar-refractivity contribution in [3.8, 4) is 11.8 Å². The number of benzene rings is 2. The van der Waals surface area contributed by atoms with Crippen LogP contribution in [0.2, 0.25) is 0 Å². The maximum Gasteiger partial charge on any atom is 0.428 e. The SMILES string of the molecule is N#Cc1ccccc1C(F)(F)F.O=[N+]([O-])c1ccc(OC[C@@H]2CN[C@@H](C(F)(F)F)O2)cc1. The summed E-state index contributed by atoms with van der Waals surface area (Å²) in [6.07, 6.45) is -11.6. The second kappa shape index (κ2) is 10.3. The lowest BCUT2D eigenvalue weighted by atomic mass is 10.1. The predicted octanol–water partition coefficient (Wildman–Crippen LogP) is 4.43. The third-order valence-electron chi connectivity index (χ3n) is 3.99. The molecule has 1 N–H and O–H groups in total. The van der Waals surface area contributed by atoms with Gasteiger partial charge in [0.25, 0.3) is 5.69 Å². The molecule has 0 aromatic heterocycles. The molecule has 1 aliphatic rings. The van der Waals surface area contributed by atoms with Crippen molar-refractivity contribution in [2.24, 2.45) is 0 Å². The molecule has 0 radical (unpaired) electrons. The molecule has 0 saturated carbocycles. The first-order chi connectivity index (χ1) is 14.9. The summed E-state index contributed by atoms with van der Waals surface area (Å²) in [4.78, 5) is 9.89. The van der Waals surface area contributed by atoms with E-state index in [2.05, 4.69) is 5.32 Å². The molecule has 13 heteroatoms. The highest BCUT2D eigenvalue weighted by atomic mass is 19.4. The molecule has 0 aliphatic carbocycles. The number of halogens is 6. The second-order valence-electron chi connectivity index (χ2n) is 6.31. The maximum atomic E-state index is 12.3. The lowest BCUT2D eigenvalue weighted by Gasteiger charge is -2.15. The van der Waals surface area contributed by atoms with Crippen molar-refractivity contribution in [1.29, 1.82) is 5.26 Å². The van der Waals surface area contributed by atoms with Gasteiger partial charge in [0, 0.05) is 18.7 Å². The van der Waals surface area contributed by atoms with Gasteiger partial charge >= 0.3 is 12.4 Å². The molecule has 1 saturated heterocycles. The number of rotatable bonds is 4. The van der Waals surface area contributed by atoms with E-state index in [0.717, 1.165) is 12.1 Å². The summed E-state index contributed by atoms with van der Waals surface area (Å²) >= 11 is 0. The lowest BCUT2D eigenvalue weighted by Crippen LogP contribution is -2.38. The van der Waals surface area contributed by atoms with Crippen LogP contribution < -0.4 is 10.1 Å². The second-order valence-corrected chi connectivity index (χ2v) is 6.31. The Hall–Kier alpha value is -3.37. The van der Waals surface area contributed by atoms with Gasteiger partial charge in [0.1, 0.15) is 18.5 Å². The first kappa shape index (κ1) is 24.9. The van der Waals surface area contributed by atoms with Crippen LogP contribution >= 0.6 is 0 Å². The Morgan fingerprint density at radius 2 is 1.75 bits per heavy atom. The van der Waals surface area contributed by atoms with Gasteiger partial charge in [-0.25, -0.2) is 0 Å². The number of nitro benzene ring substituents is 1. The number of ether oxygens (including phenoxy) is 2. The average Bonchev–Trinajstić information content (AvgIpc) is 3.22. The highest BCUT2D eigenvalue weighted by Crippen LogP contribution is 2.31. The van der Waals surface area contributed by atoms with E-state index in [4.69, 9.17) is 14.7 Å². The largest absolute Gasteiger partial charge is 0.491 e. The van der Waals surface area contributed by atoms with Crippen molar-refractivity contribution in [1.82, 2.24) is 5.32 Å². The number of nitriles is 1. The summed E-state index contributed by atoms with van der Waals surface area (Å²) in [6, 6.07) is 11.4. The number of nitrogens with one attached hydrogen (secondary N) is 1. The fourth-order valence-electron chi connectivity index (χ4n) is 2.50. The zero-order chi connectivity index (χ0) is 23.9. The van der Waals surface area contributed by atoms with E-state index in [9.17, 15) is 36.5 Å². The first-order valence-corrected chi connectivity index (χ1v) is 8.81. The van der Waals surface area contributed by atoms with Gasteiger partial charge in [-0.3, -0.25) is 15.4 Å². The Balaban J connectivity index is 0.000000258. The van der Waals surface area contributed by atoms with E-state index >= 15 is 0 Å². The van der Waals surface area contributed by atoms with E-state index in [0.29, 0.717) is 5.75 Å². The van der Waals surface area contributed by atoms with Crippen LogP contribution in [0.25, 0.3) is 0 Å². The van der Waals surface area contributed by atoms with E-state index < -0.39 is 35.2 Å². The number of hydrogen-bond donors (Lipinski definition) is 1. The Kier molecular flexibility index (Phi) is 8.01. The molecule has 1 aliphatic heterocycles. The van der Waals surface area contributed by atoms with E-state index in [-0.39, 0.29) is 24.4 Å². The number of alkyl halides is 6. The zero-order valence-electron chi connectivity index (χ0n) is 16.0. The maximum absolute atomic E-state index is 12.3. The van der Waals surface area contributed by atoms with Crippen LogP contribution in [0.4, 0.5) is 32.0 Å². The normalized spacial score (nSPS) is 18.3. The van der Waals surface area contributed by atoms with E-state index in [1.54, 1.807) is 0 Å². The summed E-state index contributed by atoms with van der Waals surface area (Å²) in [7, 11) is 0. The number of nitro groups is 1. The van der Waals surface area contributed by atoms with Gasteiger partial charge in [-0.1, -0.05) is 12.1 Å². The van der Waals surface area contributed by atoms with E-state index in [1.165, 1.54) is 42.5 Å². The Bertz CT molecular complexity index is 957. The minimum absolute atomic E-state index is 0.0250. The molecule has 1 heterocycles. The van der Waals surface area contributed by atoms with Crippen molar-refractivity contribution < 1.29 is 40.7 Å².